The molecule has 24 heavy (non-hydrogen) atoms. The van der Waals surface area contributed by atoms with E-state index in [0.29, 0.717) is 23.5 Å². The van der Waals surface area contributed by atoms with Crippen LogP contribution >= 0.6 is 0 Å². The molecule has 2 amide bonds. The van der Waals surface area contributed by atoms with Gasteiger partial charge in [0.15, 0.2) is 0 Å². The van der Waals surface area contributed by atoms with Gasteiger partial charge in [-0.3, -0.25) is 9.59 Å². The number of carbonyl (C=O) groups is 2. The highest BCUT2D eigenvalue weighted by molar-refractivity contribution is 5.96. The van der Waals surface area contributed by atoms with Crippen molar-refractivity contribution in [2.45, 2.75) is 13.0 Å². The van der Waals surface area contributed by atoms with Crippen molar-refractivity contribution >= 4 is 17.5 Å². The molecule has 0 saturated carbocycles. The Morgan fingerprint density at radius 2 is 1.83 bits per heavy atom. The van der Waals surface area contributed by atoms with Crippen LogP contribution in [-0.4, -0.2) is 18.9 Å². The van der Waals surface area contributed by atoms with E-state index in [4.69, 9.17) is 10.00 Å². The highest BCUT2D eigenvalue weighted by Gasteiger charge is 2.10. The van der Waals surface area contributed by atoms with Crippen molar-refractivity contribution in [3.63, 3.8) is 0 Å². The Bertz CT molecular complexity index is 764. The summed E-state index contributed by atoms with van der Waals surface area (Å²) in [6.07, 6.45) is -0.184. The molecule has 2 N–H and O–H groups in total. The number of anilines is 1. The summed E-state index contributed by atoms with van der Waals surface area (Å²) in [6.45, 7) is 0.350. The van der Waals surface area contributed by atoms with E-state index in [1.165, 1.54) is 7.11 Å². The lowest BCUT2D eigenvalue weighted by Crippen LogP contribution is -2.23. The van der Waals surface area contributed by atoms with Crippen LogP contribution in [0.1, 0.15) is 22.3 Å². The highest BCUT2D eigenvalue weighted by Crippen LogP contribution is 2.17. The van der Waals surface area contributed by atoms with Gasteiger partial charge in [-0.25, -0.2) is 0 Å². The van der Waals surface area contributed by atoms with Gasteiger partial charge in [-0.05, 0) is 29.8 Å². The van der Waals surface area contributed by atoms with Crippen LogP contribution in [0.4, 0.5) is 5.69 Å². The number of ether oxygens (including phenoxy) is 1. The van der Waals surface area contributed by atoms with Crippen molar-refractivity contribution in [1.82, 2.24) is 5.32 Å². The summed E-state index contributed by atoms with van der Waals surface area (Å²) in [5, 5.41) is 13.9. The summed E-state index contributed by atoms with van der Waals surface area (Å²) < 4.78 is 5.17. The number of hydrogen-bond acceptors (Lipinski definition) is 4. The first kappa shape index (κ1) is 17.0. The van der Waals surface area contributed by atoms with Crippen molar-refractivity contribution in [1.29, 1.82) is 5.26 Å². The number of rotatable bonds is 6. The molecule has 0 aliphatic rings. The fourth-order valence-corrected chi connectivity index (χ4v) is 2.09. The third-order valence-corrected chi connectivity index (χ3v) is 3.28. The first-order valence-electron chi connectivity index (χ1n) is 7.31. The standard InChI is InChI=1S/C18H17N3O3/c1-24-16-5-3-2-4-15(16)18(23)20-12-13-6-8-14(9-7-13)21-17(22)10-11-19/h2-9H,10,12H2,1H3,(H,20,23)(H,21,22). The van der Waals surface area contributed by atoms with Crippen LogP contribution in [0.2, 0.25) is 0 Å². The average Bonchev–Trinajstić information content (AvgIpc) is 2.61. The number of methoxy groups -OCH3 is 1. The van der Waals surface area contributed by atoms with Crippen molar-refractivity contribution in [3.8, 4) is 11.8 Å². The Kier molecular flexibility index (Phi) is 5.92. The van der Waals surface area contributed by atoms with Crippen molar-refractivity contribution in [2.24, 2.45) is 0 Å². The predicted octanol–water partition coefficient (Wildman–Crippen LogP) is 2.48. The predicted molar refractivity (Wildman–Crippen MR) is 89.5 cm³/mol. The Balaban J connectivity index is 1.94. The molecule has 6 heteroatoms. The van der Waals surface area contributed by atoms with Gasteiger partial charge >= 0.3 is 0 Å². The summed E-state index contributed by atoms with van der Waals surface area (Å²) in [7, 11) is 1.52. The molecule has 0 heterocycles. The maximum absolute atomic E-state index is 12.2. The van der Waals surface area contributed by atoms with E-state index in [9.17, 15) is 9.59 Å². The van der Waals surface area contributed by atoms with Crippen LogP contribution in [0.25, 0.3) is 0 Å². The number of para-hydroxylation sites is 1. The maximum Gasteiger partial charge on any atom is 0.255 e. The molecular formula is C18H17N3O3. The van der Waals surface area contributed by atoms with E-state index in [2.05, 4.69) is 10.6 Å². The van der Waals surface area contributed by atoms with E-state index >= 15 is 0 Å². The van der Waals surface area contributed by atoms with Crippen LogP contribution in [0.5, 0.6) is 5.75 Å². The van der Waals surface area contributed by atoms with Crippen LogP contribution in [0.15, 0.2) is 48.5 Å². The van der Waals surface area contributed by atoms with E-state index in [0.717, 1.165) is 5.56 Å². The first-order valence-corrected chi connectivity index (χ1v) is 7.31. The quantitative estimate of drug-likeness (QED) is 0.854. The third-order valence-electron chi connectivity index (χ3n) is 3.28. The number of carbonyl (C=O) groups excluding carboxylic acids is 2. The van der Waals surface area contributed by atoms with Crippen LogP contribution in [0, 0.1) is 11.3 Å². The van der Waals surface area contributed by atoms with E-state index < -0.39 is 0 Å². The summed E-state index contributed by atoms with van der Waals surface area (Å²) in [6, 6.07) is 15.8. The molecule has 0 saturated heterocycles. The Morgan fingerprint density at radius 3 is 2.50 bits per heavy atom. The van der Waals surface area contributed by atoms with Crippen molar-refractivity contribution in [2.75, 3.05) is 12.4 Å². The molecule has 0 spiro atoms. The third kappa shape index (κ3) is 4.58. The summed E-state index contributed by atoms with van der Waals surface area (Å²) in [4.78, 5) is 23.5. The lowest BCUT2D eigenvalue weighted by molar-refractivity contribution is -0.115. The molecule has 0 aliphatic heterocycles. The molecule has 122 valence electrons. The van der Waals surface area contributed by atoms with Crippen molar-refractivity contribution in [3.05, 3.63) is 59.7 Å². The Morgan fingerprint density at radius 1 is 1.12 bits per heavy atom. The van der Waals surface area contributed by atoms with Crippen LogP contribution in [0.3, 0.4) is 0 Å². The zero-order valence-corrected chi connectivity index (χ0v) is 13.2. The lowest BCUT2D eigenvalue weighted by atomic mass is 10.1. The van der Waals surface area contributed by atoms with Gasteiger partial charge < -0.3 is 15.4 Å². The van der Waals surface area contributed by atoms with Gasteiger partial charge in [0.25, 0.3) is 5.91 Å². The van der Waals surface area contributed by atoms with Crippen LogP contribution in [-0.2, 0) is 11.3 Å². The molecule has 0 aliphatic carbocycles. The summed E-state index contributed by atoms with van der Waals surface area (Å²) >= 11 is 0. The van der Waals surface area contributed by atoms with E-state index in [1.807, 2.05) is 0 Å². The van der Waals surface area contributed by atoms with Gasteiger partial charge in [-0.2, -0.15) is 5.26 Å². The minimum absolute atomic E-state index is 0.184. The van der Waals surface area contributed by atoms with Gasteiger partial charge in [0.05, 0.1) is 18.7 Å². The second-order valence-electron chi connectivity index (χ2n) is 4.96. The molecule has 2 aromatic carbocycles. The smallest absolute Gasteiger partial charge is 0.255 e. The first-order chi connectivity index (χ1) is 11.6. The van der Waals surface area contributed by atoms with Crippen molar-refractivity contribution < 1.29 is 14.3 Å². The fraction of sp³-hybridized carbons (Fsp3) is 0.167. The minimum Gasteiger partial charge on any atom is -0.496 e. The Hall–Kier alpha value is -3.33. The summed E-state index contributed by atoms with van der Waals surface area (Å²) in [5.74, 6) is -0.0564. The maximum atomic E-state index is 12.2. The number of nitriles is 1. The molecule has 2 aromatic rings. The molecule has 0 unspecified atom stereocenters. The molecule has 0 aromatic heterocycles. The van der Waals surface area contributed by atoms with Gasteiger partial charge in [0.1, 0.15) is 12.2 Å². The molecule has 2 rings (SSSR count). The zero-order valence-electron chi connectivity index (χ0n) is 13.2. The molecule has 6 nitrogen and oxygen atoms in total. The highest BCUT2D eigenvalue weighted by atomic mass is 16.5. The monoisotopic (exact) mass is 323 g/mol. The molecule has 0 bridgehead atoms. The zero-order chi connectivity index (χ0) is 17.4. The SMILES string of the molecule is COc1ccccc1C(=O)NCc1ccc(NC(=O)CC#N)cc1. The van der Waals surface area contributed by atoms with Gasteiger partial charge in [-0.15, -0.1) is 0 Å². The number of amides is 2. The normalized spacial score (nSPS) is 9.67. The summed E-state index contributed by atoms with van der Waals surface area (Å²) in [5.41, 5.74) is 1.96. The lowest BCUT2D eigenvalue weighted by Gasteiger charge is -2.09. The largest absolute Gasteiger partial charge is 0.496 e. The van der Waals surface area contributed by atoms with E-state index in [-0.39, 0.29) is 18.2 Å². The minimum atomic E-state index is -0.352. The molecule has 0 radical (unpaired) electrons. The fourth-order valence-electron chi connectivity index (χ4n) is 2.09. The topological polar surface area (TPSA) is 91.2 Å². The molecular weight excluding hydrogens is 306 g/mol. The van der Waals surface area contributed by atoms with Gasteiger partial charge in [0.2, 0.25) is 5.91 Å². The number of benzene rings is 2. The number of nitrogens with one attached hydrogen (secondary N) is 2. The molecule has 0 atom stereocenters. The second-order valence-corrected chi connectivity index (χ2v) is 4.96. The van der Waals surface area contributed by atoms with Gasteiger partial charge in [-0.1, -0.05) is 24.3 Å². The van der Waals surface area contributed by atoms with Gasteiger partial charge in [0, 0.05) is 12.2 Å². The molecule has 0 fully saturated rings. The van der Waals surface area contributed by atoms with Crippen LogP contribution < -0.4 is 15.4 Å². The Labute approximate surface area is 140 Å². The van der Waals surface area contributed by atoms with E-state index in [1.54, 1.807) is 54.6 Å². The second kappa shape index (κ2) is 8.34. The number of nitrogens with zero attached hydrogens (tertiary/aromatic N) is 1. The average molecular weight is 323 g/mol. The number of hydrogen-bond donors (Lipinski definition) is 2.